The summed E-state index contributed by atoms with van der Waals surface area (Å²) in [5, 5.41) is 2.91. The number of nitrogens with one attached hydrogen (secondary N) is 1. The van der Waals surface area contributed by atoms with Gasteiger partial charge in [0.25, 0.3) is 0 Å². The van der Waals surface area contributed by atoms with E-state index in [2.05, 4.69) is 26.2 Å². The van der Waals surface area contributed by atoms with Crippen LogP contribution in [0.4, 0.5) is 5.82 Å². The molecule has 0 aromatic carbocycles. The van der Waals surface area contributed by atoms with Crippen molar-refractivity contribution in [1.82, 2.24) is 4.98 Å². The van der Waals surface area contributed by atoms with Gasteiger partial charge in [-0.25, -0.2) is 4.98 Å². The fourth-order valence-electron chi connectivity index (χ4n) is 1.62. The predicted molar refractivity (Wildman–Crippen MR) is 59.5 cm³/mol. The van der Waals surface area contributed by atoms with Gasteiger partial charge in [0.05, 0.1) is 5.60 Å². The fourth-order valence-corrected chi connectivity index (χ4v) is 1.95. The molecular formula is C10H11BrN2O2. The van der Waals surface area contributed by atoms with Gasteiger partial charge in [-0.15, -0.1) is 0 Å². The van der Waals surface area contributed by atoms with Crippen LogP contribution in [0, 0.1) is 0 Å². The van der Waals surface area contributed by atoms with Crippen LogP contribution in [-0.2, 0) is 15.1 Å². The Morgan fingerprint density at radius 1 is 1.67 bits per heavy atom. The molecular weight excluding hydrogens is 260 g/mol. The first kappa shape index (κ1) is 10.6. The van der Waals surface area contributed by atoms with Gasteiger partial charge in [0, 0.05) is 16.2 Å². The lowest BCUT2D eigenvalue weighted by Gasteiger charge is -2.36. The maximum Gasteiger partial charge on any atom is 0.186 e. The summed E-state index contributed by atoms with van der Waals surface area (Å²) >= 11 is 3.36. The smallest absolute Gasteiger partial charge is 0.186 e. The summed E-state index contributed by atoms with van der Waals surface area (Å²) < 4.78 is 6.46. The Morgan fingerprint density at radius 2 is 2.40 bits per heavy atom. The summed E-state index contributed by atoms with van der Waals surface area (Å²) in [6.07, 6.45) is 1.80. The Morgan fingerprint density at radius 3 is 3.07 bits per heavy atom. The molecule has 0 bridgehead atoms. The van der Waals surface area contributed by atoms with Crippen molar-refractivity contribution in [3.8, 4) is 0 Å². The van der Waals surface area contributed by atoms with Crippen LogP contribution < -0.4 is 5.32 Å². The van der Waals surface area contributed by atoms with E-state index in [0.29, 0.717) is 5.82 Å². The van der Waals surface area contributed by atoms with Gasteiger partial charge in [-0.05, 0) is 35.8 Å². The van der Waals surface area contributed by atoms with Crippen molar-refractivity contribution in [2.24, 2.45) is 0 Å². The third-order valence-corrected chi connectivity index (χ3v) is 2.76. The molecule has 0 radical (unpaired) electrons. The van der Waals surface area contributed by atoms with E-state index < -0.39 is 11.8 Å². The van der Waals surface area contributed by atoms with Crippen molar-refractivity contribution in [2.45, 2.75) is 25.7 Å². The number of pyridine rings is 1. The molecule has 80 valence electrons. The molecule has 2 heterocycles. The number of ether oxygens (including phenoxy) is 1. The van der Waals surface area contributed by atoms with E-state index in [-0.39, 0.29) is 0 Å². The number of carbonyl (C=O) groups is 1. The number of fused-ring (bicyclic) bond motifs is 1. The molecule has 0 saturated heterocycles. The van der Waals surface area contributed by atoms with Gasteiger partial charge in [0.1, 0.15) is 5.82 Å². The van der Waals surface area contributed by atoms with Crippen molar-refractivity contribution in [2.75, 3.05) is 5.32 Å². The highest BCUT2D eigenvalue weighted by Gasteiger charge is 2.34. The van der Waals surface area contributed by atoms with Crippen molar-refractivity contribution >= 4 is 28.0 Å². The molecule has 1 N–H and O–H groups in total. The van der Waals surface area contributed by atoms with Crippen LogP contribution in [-0.4, -0.2) is 17.5 Å². The van der Waals surface area contributed by atoms with E-state index in [0.717, 1.165) is 16.3 Å². The molecule has 0 spiro atoms. The third-order valence-electron chi connectivity index (χ3n) is 2.33. The summed E-state index contributed by atoms with van der Waals surface area (Å²) in [5.74, 6) is 0.701. The lowest BCUT2D eigenvalue weighted by atomic mass is 9.97. The van der Waals surface area contributed by atoms with Crippen LogP contribution in [0.5, 0.6) is 0 Å². The van der Waals surface area contributed by atoms with Gasteiger partial charge in [0.2, 0.25) is 0 Å². The molecule has 0 amide bonds. The van der Waals surface area contributed by atoms with Gasteiger partial charge in [-0.2, -0.15) is 0 Å². The topological polar surface area (TPSA) is 51.2 Å². The molecule has 1 aromatic rings. The second-order valence-corrected chi connectivity index (χ2v) is 4.79. The standard InChI is InChI=1S/C10H11BrN2O2/c1-10(2)7-3-6(11)4-12-9(7)13-8(5-14)15-10/h3-5,8H,1-2H3,(H,12,13). The van der Waals surface area contributed by atoms with Gasteiger partial charge >= 0.3 is 0 Å². The molecule has 1 aliphatic heterocycles. The van der Waals surface area contributed by atoms with E-state index in [9.17, 15) is 4.79 Å². The molecule has 0 aliphatic carbocycles. The Hall–Kier alpha value is -0.940. The number of halogens is 1. The zero-order valence-corrected chi connectivity index (χ0v) is 10.0. The van der Waals surface area contributed by atoms with E-state index >= 15 is 0 Å². The average Bonchev–Trinajstić information content (AvgIpc) is 2.18. The zero-order valence-electron chi connectivity index (χ0n) is 8.45. The number of anilines is 1. The first-order valence-corrected chi connectivity index (χ1v) is 5.38. The minimum atomic E-state index is -0.624. The Bertz CT molecular complexity index is 406. The van der Waals surface area contributed by atoms with E-state index in [1.54, 1.807) is 6.20 Å². The zero-order chi connectivity index (χ0) is 11.1. The SMILES string of the molecule is CC1(C)OC(C=O)Nc2ncc(Br)cc21. The molecule has 5 heteroatoms. The Kier molecular flexibility index (Phi) is 2.52. The minimum absolute atomic E-state index is 0.511. The Balaban J connectivity index is 2.49. The molecule has 1 aromatic heterocycles. The lowest BCUT2D eigenvalue weighted by molar-refractivity contribution is -0.129. The largest absolute Gasteiger partial charge is 0.341 e. The van der Waals surface area contributed by atoms with Crippen molar-refractivity contribution in [1.29, 1.82) is 0 Å². The van der Waals surface area contributed by atoms with Crippen LogP contribution in [0.2, 0.25) is 0 Å². The summed E-state index contributed by atoms with van der Waals surface area (Å²) in [6, 6.07) is 1.94. The van der Waals surface area contributed by atoms with Gasteiger partial charge in [-0.3, -0.25) is 4.79 Å². The second-order valence-electron chi connectivity index (χ2n) is 3.88. The summed E-state index contributed by atoms with van der Waals surface area (Å²) in [5.41, 5.74) is 0.429. The lowest BCUT2D eigenvalue weighted by Crippen LogP contribution is -2.40. The summed E-state index contributed by atoms with van der Waals surface area (Å²) in [7, 11) is 0. The molecule has 2 rings (SSSR count). The maximum absolute atomic E-state index is 10.7. The van der Waals surface area contributed by atoms with Crippen molar-refractivity contribution < 1.29 is 9.53 Å². The van der Waals surface area contributed by atoms with E-state index in [4.69, 9.17) is 4.74 Å². The minimum Gasteiger partial charge on any atom is -0.341 e. The Labute approximate surface area is 96.2 Å². The maximum atomic E-state index is 10.7. The van der Waals surface area contributed by atoms with Gasteiger partial charge in [-0.1, -0.05) is 0 Å². The molecule has 1 unspecified atom stereocenters. The van der Waals surface area contributed by atoms with Crippen LogP contribution >= 0.6 is 15.9 Å². The van der Waals surface area contributed by atoms with Crippen molar-refractivity contribution in [3.63, 3.8) is 0 Å². The van der Waals surface area contributed by atoms with Crippen LogP contribution in [0.15, 0.2) is 16.7 Å². The molecule has 15 heavy (non-hydrogen) atoms. The number of carbonyl (C=O) groups excluding carboxylic acids is 1. The molecule has 1 aliphatic rings. The van der Waals surface area contributed by atoms with Crippen LogP contribution in [0.1, 0.15) is 19.4 Å². The quantitative estimate of drug-likeness (QED) is 0.794. The summed E-state index contributed by atoms with van der Waals surface area (Å²) in [6.45, 7) is 3.83. The first-order chi connectivity index (χ1) is 7.03. The van der Waals surface area contributed by atoms with Crippen molar-refractivity contribution in [3.05, 3.63) is 22.3 Å². The number of rotatable bonds is 1. The van der Waals surface area contributed by atoms with Gasteiger partial charge < -0.3 is 10.1 Å². The highest BCUT2D eigenvalue weighted by molar-refractivity contribution is 9.10. The molecule has 1 atom stereocenters. The van der Waals surface area contributed by atoms with Gasteiger partial charge in [0.15, 0.2) is 12.5 Å². The first-order valence-electron chi connectivity index (χ1n) is 4.58. The van der Waals surface area contributed by atoms with E-state index in [1.165, 1.54) is 0 Å². The van der Waals surface area contributed by atoms with Crippen LogP contribution in [0.3, 0.4) is 0 Å². The third kappa shape index (κ3) is 1.89. The highest BCUT2D eigenvalue weighted by atomic mass is 79.9. The van der Waals surface area contributed by atoms with E-state index in [1.807, 2.05) is 19.9 Å². The summed E-state index contributed by atoms with van der Waals surface area (Å²) in [4.78, 5) is 14.9. The number of nitrogens with zero attached hydrogens (tertiary/aromatic N) is 1. The molecule has 4 nitrogen and oxygen atoms in total. The molecule has 0 fully saturated rings. The fraction of sp³-hybridized carbons (Fsp3) is 0.400. The number of aldehydes is 1. The monoisotopic (exact) mass is 270 g/mol. The second kappa shape index (κ2) is 3.57. The average molecular weight is 271 g/mol. The molecule has 0 saturated carbocycles. The highest BCUT2D eigenvalue weighted by Crippen LogP contribution is 2.36. The normalized spacial score (nSPS) is 22.7. The van der Waals surface area contributed by atoms with Crippen LogP contribution in [0.25, 0.3) is 0 Å². The predicted octanol–water partition coefficient (Wildman–Crippen LogP) is 2.05. The number of hydrogen-bond acceptors (Lipinski definition) is 4. The number of aromatic nitrogens is 1. The number of hydrogen-bond donors (Lipinski definition) is 1.